The second-order valence-corrected chi connectivity index (χ2v) is 5.54. The predicted octanol–water partition coefficient (Wildman–Crippen LogP) is 0.604. The zero-order valence-corrected chi connectivity index (χ0v) is 10.3. The molecule has 14 heavy (non-hydrogen) atoms. The van der Waals surface area contributed by atoms with Crippen LogP contribution in [-0.2, 0) is 13.6 Å². The number of nitrogens with zero attached hydrogens (tertiary/aromatic N) is 1. The highest BCUT2D eigenvalue weighted by atomic mass is 31.2. The van der Waals surface area contributed by atoms with Crippen LogP contribution in [0.5, 0.6) is 0 Å². The van der Waals surface area contributed by atoms with E-state index >= 15 is 0 Å². The average molecular weight is 225 g/mol. The standard InChI is InChI=1S/C8H20NO4P/c1-5-7-12-14(10,11)13-8-6-9(2,3)4/h5-8H2,1-4H3. The number of phosphoric ester groups is 1. The summed E-state index contributed by atoms with van der Waals surface area (Å²) in [5.74, 6) is 0. The molecule has 0 N–H and O–H groups in total. The third-order valence-electron chi connectivity index (χ3n) is 1.47. The van der Waals surface area contributed by atoms with Crippen LogP contribution in [0.1, 0.15) is 13.3 Å². The second-order valence-electron chi connectivity index (χ2n) is 4.13. The monoisotopic (exact) mass is 225 g/mol. The summed E-state index contributed by atoms with van der Waals surface area (Å²) in [6.07, 6.45) is 0.658. The smallest absolute Gasteiger partial charge is 0.268 e. The molecule has 0 radical (unpaired) electrons. The van der Waals surface area contributed by atoms with Crippen LogP contribution in [0.25, 0.3) is 0 Å². The van der Waals surface area contributed by atoms with Gasteiger partial charge in [-0.15, -0.1) is 0 Å². The molecule has 0 aromatic heterocycles. The number of hydrogen-bond acceptors (Lipinski definition) is 4. The summed E-state index contributed by atoms with van der Waals surface area (Å²) in [7, 11) is 1.84. The Morgan fingerprint density at radius 2 is 1.71 bits per heavy atom. The Labute approximate surface area is 85.8 Å². The topological polar surface area (TPSA) is 58.6 Å². The molecule has 0 spiro atoms. The van der Waals surface area contributed by atoms with Crippen LogP contribution in [-0.4, -0.2) is 45.4 Å². The molecule has 86 valence electrons. The molecule has 5 nitrogen and oxygen atoms in total. The van der Waals surface area contributed by atoms with Crippen LogP contribution < -0.4 is 4.89 Å². The highest BCUT2D eigenvalue weighted by Gasteiger charge is 2.12. The van der Waals surface area contributed by atoms with Gasteiger partial charge in [-0.05, 0) is 6.42 Å². The van der Waals surface area contributed by atoms with Gasteiger partial charge in [0.1, 0.15) is 13.2 Å². The van der Waals surface area contributed by atoms with E-state index in [9.17, 15) is 9.46 Å². The fraction of sp³-hybridized carbons (Fsp3) is 1.00. The van der Waals surface area contributed by atoms with Gasteiger partial charge in [-0.25, -0.2) is 0 Å². The lowest BCUT2D eigenvalue weighted by molar-refractivity contribution is -0.870. The molecule has 0 bridgehead atoms. The normalized spacial score (nSPS) is 16.6. The quantitative estimate of drug-likeness (QED) is 0.470. The van der Waals surface area contributed by atoms with Gasteiger partial charge in [0.25, 0.3) is 7.82 Å². The number of hydrogen-bond donors (Lipinski definition) is 0. The predicted molar refractivity (Wildman–Crippen MR) is 52.7 cm³/mol. The zero-order valence-electron chi connectivity index (χ0n) is 9.36. The third kappa shape index (κ3) is 8.66. The molecule has 0 aliphatic rings. The molecule has 0 heterocycles. The van der Waals surface area contributed by atoms with E-state index in [1.54, 1.807) is 0 Å². The fourth-order valence-electron chi connectivity index (χ4n) is 0.667. The molecule has 1 atom stereocenters. The van der Waals surface area contributed by atoms with Gasteiger partial charge in [0.15, 0.2) is 0 Å². The Morgan fingerprint density at radius 1 is 1.21 bits per heavy atom. The Kier molecular flexibility index (Phi) is 5.86. The maximum atomic E-state index is 11.1. The van der Waals surface area contributed by atoms with E-state index in [-0.39, 0.29) is 13.2 Å². The van der Waals surface area contributed by atoms with Crippen molar-refractivity contribution in [3.05, 3.63) is 0 Å². The van der Waals surface area contributed by atoms with E-state index in [2.05, 4.69) is 9.05 Å². The van der Waals surface area contributed by atoms with Gasteiger partial charge in [-0.2, -0.15) is 0 Å². The van der Waals surface area contributed by atoms with Gasteiger partial charge in [-0.1, -0.05) is 6.92 Å². The first-order valence-corrected chi connectivity index (χ1v) is 6.13. The average Bonchev–Trinajstić information content (AvgIpc) is 1.98. The fourth-order valence-corrected chi connectivity index (χ4v) is 1.45. The lowest BCUT2D eigenvalue weighted by atomic mass is 10.5. The van der Waals surface area contributed by atoms with Gasteiger partial charge in [0, 0.05) is 0 Å². The second kappa shape index (κ2) is 5.83. The molecule has 0 aliphatic heterocycles. The van der Waals surface area contributed by atoms with Crippen molar-refractivity contribution in [2.45, 2.75) is 13.3 Å². The van der Waals surface area contributed by atoms with Crippen molar-refractivity contribution in [2.75, 3.05) is 40.9 Å². The van der Waals surface area contributed by atoms with E-state index in [1.165, 1.54) is 0 Å². The molecule has 6 heteroatoms. The third-order valence-corrected chi connectivity index (χ3v) is 2.46. The Morgan fingerprint density at radius 3 is 2.14 bits per heavy atom. The maximum absolute atomic E-state index is 11.1. The highest BCUT2D eigenvalue weighted by Crippen LogP contribution is 2.37. The summed E-state index contributed by atoms with van der Waals surface area (Å²) < 4.78 is 20.9. The van der Waals surface area contributed by atoms with Crippen molar-refractivity contribution in [3.63, 3.8) is 0 Å². The summed E-state index contributed by atoms with van der Waals surface area (Å²) in [6.45, 7) is 2.81. The summed E-state index contributed by atoms with van der Waals surface area (Å²) in [4.78, 5) is 11.1. The first-order valence-electron chi connectivity index (χ1n) is 4.67. The number of rotatable bonds is 7. The van der Waals surface area contributed by atoms with Crippen molar-refractivity contribution in [1.82, 2.24) is 0 Å². The van der Waals surface area contributed by atoms with E-state index in [4.69, 9.17) is 0 Å². The van der Waals surface area contributed by atoms with Gasteiger partial charge >= 0.3 is 0 Å². The highest BCUT2D eigenvalue weighted by molar-refractivity contribution is 7.45. The Hall–Kier alpha value is 0.0700. The first-order chi connectivity index (χ1) is 6.27. The Balaban J connectivity index is 3.71. The molecular formula is C8H20NO4P. The van der Waals surface area contributed by atoms with Crippen LogP contribution in [0.3, 0.4) is 0 Å². The van der Waals surface area contributed by atoms with Crippen LogP contribution >= 0.6 is 7.82 Å². The van der Waals surface area contributed by atoms with Crippen LogP contribution in [0.4, 0.5) is 0 Å². The van der Waals surface area contributed by atoms with Crippen LogP contribution in [0, 0.1) is 0 Å². The molecular weight excluding hydrogens is 205 g/mol. The van der Waals surface area contributed by atoms with E-state index in [0.29, 0.717) is 17.4 Å². The number of phosphoric acid groups is 1. The molecule has 0 aliphatic carbocycles. The molecule has 0 saturated heterocycles. The van der Waals surface area contributed by atoms with Gasteiger partial charge in [-0.3, -0.25) is 4.57 Å². The minimum absolute atomic E-state index is 0.161. The van der Waals surface area contributed by atoms with E-state index in [0.717, 1.165) is 0 Å². The van der Waals surface area contributed by atoms with Crippen LogP contribution in [0.15, 0.2) is 0 Å². The molecule has 0 aromatic rings. The Bertz CT molecular complexity index is 202. The molecule has 0 fully saturated rings. The van der Waals surface area contributed by atoms with Crippen molar-refractivity contribution in [1.29, 1.82) is 0 Å². The maximum Gasteiger partial charge on any atom is 0.268 e. The molecule has 0 amide bonds. The number of quaternary nitrogens is 1. The number of likely N-dealkylation sites (N-methyl/N-ethyl adjacent to an activating group) is 1. The molecule has 0 saturated carbocycles. The summed E-state index contributed by atoms with van der Waals surface area (Å²) in [5.41, 5.74) is 0. The van der Waals surface area contributed by atoms with Crippen molar-refractivity contribution in [3.8, 4) is 0 Å². The largest absolute Gasteiger partial charge is 0.756 e. The van der Waals surface area contributed by atoms with E-state index in [1.807, 2.05) is 28.1 Å². The van der Waals surface area contributed by atoms with Crippen molar-refractivity contribution < 1.29 is 23.0 Å². The molecule has 0 aromatic carbocycles. The molecule has 1 unspecified atom stereocenters. The van der Waals surface area contributed by atoms with Crippen molar-refractivity contribution in [2.24, 2.45) is 0 Å². The summed E-state index contributed by atoms with van der Waals surface area (Å²) in [5, 5.41) is 0. The molecule has 0 rings (SSSR count). The first kappa shape index (κ1) is 14.1. The summed E-state index contributed by atoms with van der Waals surface area (Å²) in [6, 6.07) is 0. The van der Waals surface area contributed by atoms with Gasteiger partial charge in [0.2, 0.25) is 0 Å². The lowest BCUT2D eigenvalue weighted by Crippen LogP contribution is -2.37. The summed E-state index contributed by atoms with van der Waals surface area (Å²) >= 11 is 0. The van der Waals surface area contributed by atoms with E-state index < -0.39 is 7.82 Å². The van der Waals surface area contributed by atoms with Gasteiger partial charge in [0.05, 0.1) is 27.7 Å². The lowest BCUT2D eigenvalue weighted by Gasteiger charge is -2.27. The zero-order chi connectivity index (χ0) is 11.2. The van der Waals surface area contributed by atoms with Gasteiger partial charge < -0.3 is 18.4 Å². The minimum atomic E-state index is -4.06. The van der Waals surface area contributed by atoms with Crippen molar-refractivity contribution >= 4 is 7.82 Å². The van der Waals surface area contributed by atoms with Crippen LogP contribution in [0.2, 0.25) is 0 Å². The minimum Gasteiger partial charge on any atom is -0.756 e. The SMILES string of the molecule is CCCOP(=O)([O-])OCC[N+](C)(C)C.